The van der Waals surface area contributed by atoms with Crippen LogP contribution in [-0.4, -0.2) is 11.1 Å². The molecule has 0 aromatic rings. The highest BCUT2D eigenvalue weighted by Crippen LogP contribution is 2.29. The smallest absolute Gasteiger partial charge is 0.307 e. The first-order chi connectivity index (χ1) is 5.75. The van der Waals surface area contributed by atoms with Crippen LogP contribution in [0.15, 0.2) is 12.2 Å². The van der Waals surface area contributed by atoms with Crippen LogP contribution in [0.5, 0.6) is 0 Å². The van der Waals surface area contributed by atoms with Gasteiger partial charge >= 0.3 is 5.97 Å². The van der Waals surface area contributed by atoms with Crippen molar-refractivity contribution in [3.05, 3.63) is 12.2 Å². The Morgan fingerprint density at radius 1 is 1.50 bits per heavy atom. The normalized spacial score (nSPS) is 28.8. The van der Waals surface area contributed by atoms with Crippen molar-refractivity contribution in [1.82, 2.24) is 0 Å². The van der Waals surface area contributed by atoms with Gasteiger partial charge in [0.1, 0.15) is 0 Å². The lowest BCUT2D eigenvalue weighted by Gasteiger charge is -2.24. The molecule has 1 aliphatic rings. The summed E-state index contributed by atoms with van der Waals surface area (Å²) in [6.45, 7) is 2.11. The van der Waals surface area contributed by atoms with E-state index in [0.29, 0.717) is 5.92 Å². The number of carboxylic acid groups (broad SMARTS) is 1. The molecule has 0 saturated carbocycles. The molecule has 0 bridgehead atoms. The Labute approximate surface area is 73.3 Å². The zero-order chi connectivity index (χ0) is 8.97. The Hall–Kier alpha value is -0.790. The third kappa shape index (κ3) is 2.10. The van der Waals surface area contributed by atoms with Gasteiger partial charge in [-0.05, 0) is 25.2 Å². The number of carbonyl (C=O) groups is 1. The molecule has 0 aliphatic heterocycles. The molecule has 2 nitrogen and oxygen atoms in total. The van der Waals surface area contributed by atoms with E-state index in [4.69, 9.17) is 5.11 Å². The molecule has 2 heteroatoms. The quantitative estimate of drug-likeness (QED) is 0.657. The minimum atomic E-state index is -0.627. The monoisotopic (exact) mass is 168 g/mol. The number of carboxylic acids is 1. The van der Waals surface area contributed by atoms with Gasteiger partial charge in [-0.25, -0.2) is 0 Å². The minimum absolute atomic E-state index is 0.130. The van der Waals surface area contributed by atoms with E-state index in [1.165, 1.54) is 0 Å². The van der Waals surface area contributed by atoms with E-state index in [9.17, 15) is 4.79 Å². The van der Waals surface area contributed by atoms with Crippen molar-refractivity contribution in [2.24, 2.45) is 11.8 Å². The summed E-state index contributed by atoms with van der Waals surface area (Å²) in [5.41, 5.74) is 0. The van der Waals surface area contributed by atoms with Gasteiger partial charge in [-0.1, -0.05) is 25.5 Å². The van der Waals surface area contributed by atoms with Crippen LogP contribution in [0.2, 0.25) is 0 Å². The fourth-order valence-electron chi connectivity index (χ4n) is 1.86. The highest BCUT2D eigenvalue weighted by atomic mass is 16.4. The van der Waals surface area contributed by atoms with Crippen molar-refractivity contribution < 1.29 is 9.90 Å². The van der Waals surface area contributed by atoms with Gasteiger partial charge in [0.2, 0.25) is 0 Å². The maximum absolute atomic E-state index is 10.8. The maximum atomic E-state index is 10.8. The summed E-state index contributed by atoms with van der Waals surface area (Å²) in [5.74, 6) is -0.384. The van der Waals surface area contributed by atoms with E-state index in [1.807, 2.05) is 6.08 Å². The first-order valence-corrected chi connectivity index (χ1v) is 4.63. The lowest BCUT2D eigenvalue weighted by molar-refractivity contribution is -0.143. The van der Waals surface area contributed by atoms with Crippen LogP contribution in [0.25, 0.3) is 0 Å². The number of rotatable bonds is 3. The standard InChI is InChI=1S/C10H16O2/c1-2-5-8-6-3-4-7-9(8)10(11)12/h3-4,8-9H,2,5-7H2,1H3,(H,11,12). The molecule has 0 heterocycles. The molecule has 0 amide bonds. The molecule has 0 aromatic carbocycles. The van der Waals surface area contributed by atoms with Gasteiger partial charge in [-0.3, -0.25) is 4.79 Å². The topological polar surface area (TPSA) is 37.3 Å². The van der Waals surface area contributed by atoms with Crippen molar-refractivity contribution in [3.63, 3.8) is 0 Å². The summed E-state index contributed by atoms with van der Waals surface area (Å²) < 4.78 is 0. The lowest BCUT2D eigenvalue weighted by atomic mass is 9.80. The Kier molecular flexibility index (Phi) is 3.32. The molecule has 12 heavy (non-hydrogen) atoms. The van der Waals surface area contributed by atoms with Crippen LogP contribution in [0, 0.1) is 11.8 Å². The van der Waals surface area contributed by atoms with Gasteiger partial charge in [0.25, 0.3) is 0 Å². The Bertz CT molecular complexity index is 184. The van der Waals surface area contributed by atoms with Crippen molar-refractivity contribution in [3.8, 4) is 0 Å². The highest BCUT2D eigenvalue weighted by Gasteiger charge is 2.27. The van der Waals surface area contributed by atoms with Gasteiger partial charge in [-0.2, -0.15) is 0 Å². The summed E-state index contributed by atoms with van der Waals surface area (Å²) in [6, 6.07) is 0. The largest absolute Gasteiger partial charge is 0.481 e. The average molecular weight is 168 g/mol. The van der Waals surface area contributed by atoms with E-state index in [-0.39, 0.29) is 5.92 Å². The molecule has 1 rings (SSSR count). The molecule has 0 fully saturated rings. The fourth-order valence-corrected chi connectivity index (χ4v) is 1.86. The predicted molar refractivity (Wildman–Crippen MR) is 47.9 cm³/mol. The third-order valence-corrected chi connectivity index (χ3v) is 2.54. The summed E-state index contributed by atoms with van der Waals surface area (Å²) >= 11 is 0. The fraction of sp³-hybridized carbons (Fsp3) is 0.700. The van der Waals surface area contributed by atoms with E-state index in [2.05, 4.69) is 13.0 Å². The van der Waals surface area contributed by atoms with Crippen LogP contribution in [0.3, 0.4) is 0 Å². The van der Waals surface area contributed by atoms with E-state index in [1.54, 1.807) is 0 Å². The summed E-state index contributed by atoms with van der Waals surface area (Å²) in [6.07, 6.45) is 7.90. The van der Waals surface area contributed by atoms with Crippen LogP contribution in [-0.2, 0) is 4.79 Å². The molecular formula is C10H16O2. The Morgan fingerprint density at radius 3 is 2.75 bits per heavy atom. The van der Waals surface area contributed by atoms with Gasteiger partial charge in [0, 0.05) is 0 Å². The van der Waals surface area contributed by atoms with Crippen molar-refractivity contribution >= 4 is 5.97 Å². The SMILES string of the molecule is CCCC1CC=CCC1C(=O)O. The van der Waals surface area contributed by atoms with Gasteiger partial charge < -0.3 is 5.11 Å². The highest BCUT2D eigenvalue weighted by molar-refractivity contribution is 5.70. The summed E-state index contributed by atoms with van der Waals surface area (Å²) in [5, 5.41) is 8.90. The summed E-state index contributed by atoms with van der Waals surface area (Å²) in [4.78, 5) is 10.8. The molecule has 2 unspecified atom stereocenters. The Balaban J connectivity index is 2.56. The molecule has 0 radical (unpaired) electrons. The first kappa shape index (κ1) is 9.30. The van der Waals surface area contributed by atoms with Crippen LogP contribution in [0.1, 0.15) is 32.6 Å². The molecule has 0 spiro atoms. The van der Waals surface area contributed by atoms with Gasteiger partial charge in [0.05, 0.1) is 5.92 Å². The molecule has 1 N–H and O–H groups in total. The van der Waals surface area contributed by atoms with Gasteiger partial charge in [-0.15, -0.1) is 0 Å². The number of aliphatic carboxylic acids is 1. The number of allylic oxidation sites excluding steroid dienone is 2. The third-order valence-electron chi connectivity index (χ3n) is 2.54. The number of hydrogen-bond donors (Lipinski definition) is 1. The Morgan fingerprint density at radius 2 is 2.17 bits per heavy atom. The van der Waals surface area contributed by atoms with Crippen molar-refractivity contribution in [2.75, 3.05) is 0 Å². The predicted octanol–water partition coefficient (Wildman–Crippen LogP) is 2.45. The number of hydrogen-bond acceptors (Lipinski definition) is 1. The molecular weight excluding hydrogens is 152 g/mol. The second kappa shape index (κ2) is 4.29. The van der Waals surface area contributed by atoms with Crippen LogP contribution < -0.4 is 0 Å². The van der Waals surface area contributed by atoms with Crippen LogP contribution in [0.4, 0.5) is 0 Å². The van der Waals surface area contributed by atoms with Crippen LogP contribution >= 0.6 is 0 Å². The van der Waals surface area contributed by atoms with E-state index < -0.39 is 5.97 Å². The zero-order valence-electron chi connectivity index (χ0n) is 7.49. The summed E-state index contributed by atoms with van der Waals surface area (Å²) in [7, 11) is 0. The average Bonchev–Trinajstić information content (AvgIpc) is 2.05. The molecule has 1 aliphatic carbocycles. The molecule has 0 aromatic heterocycles. The second-order valence-corrected chi connectivity index (χ2v) is 3.44. The molecule has 68 valence electrons. The van der Waals surface area contributed by atoms with Crippen molar-refractivity contribution in [2.45, 2.75) is 32.6 Å². The molecule has 0 saturated heterocycles. The second-order valence-electron chi connectivity index (χ2n) is 3.44. The lowest BCUT2D eigenvalue weighted by Crippen LogP contribution is -2.24. The van der Waals surface area contributed by atoms with E-state index >= 15 is 0 Å². The molecule has 2 atom stereocenters. The van der Waals surface area contributed by atoms with E-state index in [0.717, 1.165) is 25.7 Å². The zero-order valence-corrected chi connectivity index (χ0v) is 7.49. The maximum Gasteiger partial charge on any atom is 0.307 e. The van der Waals surface area contributed by atoms with Gasteiger partial charge in [0.15, 0.2) is 0 Å². The minimum Gasteiger partial charge on any atom is -0.481 e. The van der Waals surface area contributed by atoms with Crippen molar-refractivity contribution in [1.29, 1.82) is 0 Å². The first-order valence-electron chi connectivity index (χ1n) is 4.63.